The summed E-state index contributed by atoms with van der Waals surface area (Å²) in [5.41, 5.74) is 0. The van der Waals surface area contributed by atoms with Crippen LogP contribution in [0.5, 0.6) is 0 Å². The summed E-state index contributed by atoms with van der Waals surface area (Å²) in [6, 6.07) is 0. The van der Waals surface area contributed by atoms with Gasteiger partial charge in [0.1, 0.15) is 0 Å². The third kappa shape index (κ3) is 4.33. The van der Waals surface area contributed by atoms with E-state index in [9.17, 15) is 4.79 Å². The maximum Gasteiger partial charge on any atom is 0.281 e. The van der Waals surface area contributed by atoms with E-state index in [0.29, 0.717) is 0 Å². The quantitative estimate of drug-likeness (QED) is 0.720. The first-order valence-corrected chi connectivity index (χ1v) is 6.25. The van der Waals surface area contributed by atoms with Gasteiger partial charge in [-0.1, -0.05) is 11.8 Å². The summed E-state index contributed by atoms with van der Waals surface area (Å²) in [7, 11) is 4.07. The van der Waals surface area contributed by atoms with E-state index in [1.165, 1.54) is 31.0 Å². The van der Waals surface area contributed by atoms with Gasteiger partial charge in [0.15, 0.2) is 0 Å². The number of rotatable bonds is 3. The maximum atomic E-state index is 11.6. The first kappa shape index (κ1) is 11.9. The van der Waals surface area contributed by atoms with Crippen LogP contribution in [0.4, 0.5) is 4.79 Å². The van der Waals surface area contributed by atoms with Crippen LogP contribution in [-0.4, -0.2) is 54.5 Å². The molecular weight excluding hydrogens is 196 g/mol. The van der Waals surface area contributed by atoms with E-state index in [-0.39, 0.29) is 5.24 Å². The number of amides is 1. The molecule has 1 amide bonds. The topological polar surface area (TPSA) is 23.6 Å². The molecule has 1 heterocycles. The van der Waals surface area contributed by atoms with Gasteiger partial charge in [0, 0.05) is 25.4 Å². The lowest BCUT2D eigenvalue weighted by Gasteiger charge is -2.26. The van der Waals surface area contributed by atoms with Crippen LogP contribution >= 0.6 is 11.8 Å². The standard InChI is InChI=1S/C10H20N2OS/c1-11(2)8-9-14-10(13)12-6-4-3-5-7-12/h3-9H2,1-2H3. The first-order chi connectivity index (χ1) is 6.70. The maximum absolute atomic E-state index is 11.6. The Hall–Kier alpha value is -0.220. The van der Waals surface area contributed by atoms with Crippen molar-refractivity contribution >= 4 is 17.0 Å². The van der Waals surface area contributed by atoms with Crippen LogP contribution in [0.2, 0.25) is 0 Å². The molecule has 14 heavy (non-hydrogen) atoms. The van der Waals surface area contributed by atoms with Crippen LogP contribution in [0.15, 0.2) is 0 Å². The van der Waals surface area contributed by atoms with E-state index < -0.39 is 0 Å². The van der Waals surface area contributed by atoms with Gasteiger partial charge in [0.25, 0.3) is 5.24 Å². The second kappa shape index (κ2) is 6.30. The number of hydrogen-bond acceptors (Lipinski definition) is 3. The summed E-state index contributed by atoms with van der Waals surface area (Å²) in [4.78, 5) is 15.7. The Bertz CT molecular complexity index is 179. The van der Waals surface area contributed by atoms with E-state index in [1.54, 1.807) is 0 Å². The van der Waals surface area contributed by atoms with E-state index >= 15 is 0 Å². The average Bonchev–Trinajstić information content (AvgIpc) is 2.18. The van der Waals surface area contributed by atoms with Gasteiger partial charge in [-0.25, -0.2) is 0 Å². The van der Waals surface area contributed by atoms with E-state index in [0.717, 1.165) is 25.4 Å². The van der Waals surface area contributed by atoms with Gasteiger partial charge in [-0.15, -0.1) is 0 Å². The Balaban J connectivity index is 2.13. The van der Waals surface area contributed by atoms with Gasteiger partial charge in [-0.05, 0) is 33.4 Å². The molecule has 0 radical (unpaired) electrons. The van der Waals surface area contributed by atoms with Crippen LogP contribution in [0, 0.1) is 0 Å². The van der Waals surface area contributed by atoms with Crippen molar-refractivity contribution in [2.45, 2.75) is 19.3 Å². The molecule has 1 fully saturated rings. The van der Waals surface area contributed by atoms with Gasteiger partial charge in [0.2, 0.25) is 0 Å². The molecule has 1 saturated heterocycles. The summed E-state index contributed by atoms with van der Waals surface area (Å²) < 4.78 is 0. The minimum Gasteiger partial charge on any atom is -0.334 e. The van der Waals surface area contributed by atoms with Gasteiger partial charge in [0.05, 0.1) is 0 Å². The van der Waals surface area contributed by atoms with Crippen molar-refractivity contribution in [3.05, 3.63) is 0 Å². The van der Waals surface area contributed by atoms with Gasteiger partial charge >= 0.3 is 0 Å². The molecule has 0 aromatic heterocycles. The number of carbonyl (C=O) groups is 1. The van der Waals surface area contributed by atoms with Crippen molar-refractivity contribution in [2.24, 2.45) is 0 Å². The van der Waals surface area contributed by atoms with Crippen molar-refractivity contribution in [1.82, 2.24) is 9.80 Å². The number of piperidine rings is 1. The van der Waals surface area contributed by atoms with Gasteiger partial charge in [-0.2, -0.15) is 0 Å². The lowest BCUT2D eigenvalue weighted by atomic mass is 10.1. The molecule has 1 aliphatic heterocycles. The fourth-order valence-corrected chi connectivity index (χ4v) is 2.48. The molecule has 0 bridgehead atoms. The van der Waals surface area contributed by atoms with Crippen molar-refractivity contribution in [2.75, 3.05) is 39.5 Å². The molecule has 1 rings (SSSR count). The highest BCUT2D eigenvalue weighted by molar-refractivity contribution is 8.13. The van der Waals surface area contributed by atoms with Crippen molar-refractivity contribution < 1.29 is 4.79 Å². The normalized spacial score (nSPS) is 17.5. The lowest BCUT2D eigenvalue weighted by Crippen LogP contribution is -2.33. The molecular formula is C10H20N2OS. The Kier molecular flexibility index (Phi) is 5.33. The largest absolute Gasteiger partial charge is 0.334 e. The Labute approximate surface area is 90.8 Å². The molecule has 0 aromatic carbocycles. The Morgan fingerprint density at radius 1 is 1.29 bits per heavy atom. The summed E-state index contributed by atoms with van der Waals surface area (Å²) in [6.45, 7) is 2.91. The Morgan fingerprint density at radius 2 is 1.93 bits per heavy atom. The van der Waals surface area contributed by atoms with Crippen molar-refractivity contribution in [3.63, 3.8) is 0 Å². The van der Waals surface area contributed by atoms with Crippen molar-refractivity contribution in [3.8, 4) is 0 Å². The number of thioether (sulfide) groups is 1. The number of nitrogens with zero attached hydrogens (tertiary/aromatic N) is 2. The van der Waals surface area contributed by atoms with Crippen molar-refractivity contribution in [1.29, 1.82) is 0 Å². The summed E-state index contributed by atoms with van der Waals surface area (Å²) in [6.07, 6.45) is 3.64. The molecule has 0 aromatic rings. The minimum absolute atomic E-state index is 0.270. The molecule has 0 atom stereocenters. The van der Waals surface area contributed by atoms with Crippen LogP contribution < -0.4 is 0 Å². The lowest BCUT2D eigenvalue weighted by molar-refractivity contribution is 0.211. The third-order valence-electron chi connectivity index (χ3n) is 2.38. The van der Waals surface area contributed by atoms with Crippen LogP contribution in [-0.2, 0) is 0 Å². The summed E-state index contributed by atoms with van der Waals surface area (Å²) in [5.74, 6) is 0.905. The first-order valence-electron chi connectivity index (χ1n) is 5.26. The van der Waals surface area contributed by atoms with Crippen LogP contribution in [0.1, 0.15) is 19.3 Å². The zero-order chi connectivity index (χ0) is 10.4. The van der Waals surface area contributed by atoms with Gasteiger partial charge in [-0.3, -0.25) is 4.79 Å². The molecule has 0 aliphatic carbocycles. The molecule has 0 spiro atoms. The fraction of sp³-hybridized carbons (Fsp3) is 0.900. The zero-order valence-corrected chi connectivity index (χ0v) is 9.98. The molecule has 3 nitrogen and oxygen atoms in total. The van der Waals surface area contributed by atoms with E-state index in [2.05, 4.69) is 4.90 Å². The van der Waals surface area contributed by atoms with E-state index in [4.69, 9.17) is 0 Å². The van der Waals surface area contributed by atoms with Crippen LogP contribution in [0.25, 0.3) is 0 Å². The minimum atomic E-state index is 0.270. The molecule has 0 unspecified atom stereocenters. The molecule has 4 heteroatoms. The number of carbonyl (C=O) groups excluding carboxylic acids is 1. The predicted molar refractivity (Wildman–Crippen MR) is 61.8 cm³/mol. The molecule has 0 N–H and O–H groups in total. The Morgan fingerprint density at radius 3 is 2.50 bits per heavy atom. The zero-order valence-electron chi connectivity index (χ0n) is 9.16. The molecule has 82 valence electrons. The predicted octanol–water partition coefficient (Wildman–Crippen LogP) is 1.89. The second-order valence-electron chi connectivity index (χ2n) is 3.97. The third-order valence-corrected chi connectivity index (χ3v) is 3.27. The van der Waals surface area contributed by atoms with E-state index in [1.807, 2.05) is 19.0 Å². The summed E-state index contributed by atoms with van der Waals surface area (Å²) >= 11 is 1.46. The smallest absolute Gasteiger partial charge is 0.281 e. The monoisotopic (exact) mass is 216 g/mol. The second-order valence-corrected chi connectivity index (χ2v) is 5.01. The van der Waals surface area contributed by atoms with Crippen LogP contribution in [0.3, 0.4) is 0 Å². The fourth-order valence-electron chi connectivity index (χ4n) is 1.48. The highest BCUT2D eigenvalue weighted by Crippen LogP contribution is 2.15. The summed E-state index contributed by atoms with van der Waals surface area (Å²) in [5, 5.41) is 0.270. The average molecular weight is 216 g/mol. The molecule has 1 aliphatic rings. The van der Waals surface area contributed by atoms with Gasteiger partial charge < -0.3 is 9.80 Å². The highest BCUT2D eigenvalue weighted by Gasteiger charge is 2.16. The molecule has 0 saturated carbocycles. The SMILES string of the molecule is CN(C)CCSC(=O)N1CCCCC1. The highest BCUT2D eigenvalue weighted by atomic mass is 32.2. The number of likely N-dealkylation sites (tertiary alicyclic amines) is 1. The number of hydrogen-bond donors (Lipinski definition) is 0.